The van der Waals surface area contributed by atoms with Crippen molar-refractivity contribution in [3.05, 3.63) is 45.3 Å². The maximum absolute atomic E-state index is 5.98. The molecule has 0 aliphatic heterocycles. The van der Waals surface area contributed by atoms with Crippen molar-refractivity contribution < 1.29 is 4.74 Å². The fourth-order valence-corrected chi connectivity index (χ4v) is 2.12. The first kappa shape index (κ1) is 13.1. The molecule has 3 nitrogen and oxygen atoms in total. The number of hydrogen-bond donors (Lipinski definition) is 0. The zero-order valence-electron chi connectivity index (χ0n) is 10.3. The van der Waals surface area contributed by atoms with Crippen LogP contribution in [0.3, 0.4) is 0 Å². The second-order valence-electron chi connectivity index (χ2n) is 4.10. The average molecular weight is 283 g/mol. The van der Waals surface area contributed by atoms with Crippen molar-refractivity contribution in [2.24, 2.45) is 0 Å². The third kappa shape index (κ3) is 2.74. The van der Waals surface area contributed by atoms with E-state index in [1.54, 1.807) is 6.20 Å². The number of aromatic nitrogens is 2. The van der Waals surface area contributed by atoms with E-state index in [4.69, 9.17) is 27.9 Å². The minimum atomic E-state index is 0.167. The van der Waals surface area contributed by atoms with Gasteiger partial charge in [-0.15, -0.1) is 0 Å². The largest absolute Gasteiger partial charge is 0.438 e. The summed E-state index contributed by atoms with van der Waals surface area (Å²) >= 11 is 11.7. The Labute approximate surface area is 116 Å². The number of aryl methyl sites for hydroxylation is 3. The smallest absolute Gasteiger partial charge is 0.226 e. The molecule has 0 amide bonds. The highest BCUT2D eigenvalue weighted by molar-refractivity contribution is 6.30. The molecule has 2 rings (SSSR count). The van der Waals surface area contributed by atoms with Crippen molar-refractivity contribution in [1.29, 1.82) is 0 Å². The quantitative estimate of drug-likeness (QED) is 0.761. The van der Waals surface area contributed by atoms with Crippen molar-refractivity contribution in [3.63, 3.8) is 0 Å². The second-order valence-corrected chi connectivity index (χ2v) is 4.87. The summed E-state index contributed by atoms with van der Waals surface area (Å²) in [6.07, 6.45) is 1.63. The molecule has 0 saturated carbocycles. The second kappa shape index (κ2) is 5.12. The molecule has 0 aliphatic rings. The first-order valence-electron chi connectivity index (χ1n) is 5.41. The Morgan fingerprint density at radius 3 is 2.22 bits per heavy atom. The van der Waals surface area contributed by atoms with Crippen LogP contribution in [-0.4, -0.2) is 9.97 Å². The van der Waals surface area contributed by atoms with Gasteiger partial charge in [0.25, 0.3) is 0 Å². The first-order valence-corrected chi connectivity index (χ1v) is 6.16. The Bertz CT molecular complexity index is 577. The molecule has 0 spiro atoms. The molecule has 0 aliphatic carbocycles. The van der Waals surface area contributed by atoms with Gasteiger partial charge in [-0.05, 0) is 55.6 Å². The van der Waals surface area contributed by atoms with Crippen molar-refractivity contribution in [2.75, 3.05) is 0 Å². The van der Waals surface area contributed by atoms with Crippen LogP contribution in [0.25, 0.3) is 0 Å². The lowest BCUT2D eigenvalue weighted by Crippen LogP contribution is -1.97. The molecule has 0 N–H and O–H groups in total. The lowest BCUT2D eigenvalue weighted by Gasteiger charge is -2.12. The van der Waals surface area contributed by atoms with Gasteiger partial charge in [0.15, 0.2) is 0 Å². The zero-order valence-corrected chi connectivity index (χ0v) is 11.8. The molecule has 0 saturated heterocycles. The zero-order chi connectivity index (χ0) is 13.3. The topological polar surface area (TPSA) is 35.0 Å². The summed E-state index contributed by atoms with van der Waals surface area (Å²) in [5.74, 6) is 1.21. The number of rotatable bonds is 2. The molecule has 94 valence electrons. The molecule has 5 heteroatoms. The van der Waals surface area contributed by atoms with Gasteiger partial charge in [-0.1, -0.05) is 11.6 Å². The highest BCUT2D eigenvalue weighted by atomic mass is 35.5. The highest BCUT2D eigenvalue weighted by Crippen LogP contribution is 2.31. The minimum absolute atomic E-state index is 0.167. The van der Waals surface area contributed by atoms with Crippen molar-refractivity contribution >= 4 is 23.2 Å². The fraction of sp³-hybridized carbons (Fsp3) is 0.231. The van der Waals surface area contributed by atoms with E-state index in [-0.39, 0.29) is 5.28 Å². The van der Waals surface area contributed by atoms with E-state index in [1.807, 2.05) is 32.9 Å². The molecule has 0 fully saturated rings. The van der Waals surface area contributed by atoms with Gasteiger partial charge in [-0.2, -0.15) is 4.98 Å². The lowest BCUT2D eigenvalue weighted by molar-refractivity contribution is 0.450. The van der Waals surface area contributed by atoms with E-state index in [0.717, 1.165) is 22.4 Å². The number of ether oxygens (including phenoxy) is 1. The van der Waals surface area contributed by atoms with E-state index in [2.05, 4.69) is 9.97 Å². The van der Waals surface area contributed by atoms with E-state index in [9.17, 15) is 0 Å². The number of benzene rings is 1. The molecule has 0 bridgehead atoms. The van der Waals surface area contributed by atoms with Crippen LogP contribution in [-0.2, 0) is 0 Å². The predicted octanol–water partition coefficient (Wildman–Crippen LogP) is 4.50. The van der Waals surface area contributed by atoms with E-state index in [0.29, 0.717) is 10.9 Å². The molecule has 1 heterocycles. The summed E-state index contributed by atoms with van der Waals surface area (Å²) in [5.41, 5.74) is 2.73. The van der Waals surface area contributed by atoms with Gasteiger partial charge in [-0.3, -0.25) is 0 Å². The Kier molecular flexibility index (Phi) is 3.73. The molecule has 0 unspecified atom stereocenters. The number of nitrogens with zero attached hydrogens (tertiary/aromatic N) is 2. The molecule has 1 aromatic heterocycles. The Morgan fingerprint density at radius 1 is 1.00 bits per heavy atom. The van der Waals surface area contributed by atoms with Crippen LogP contribution in [0.4, 0.5) is 0 Å². The summed E-state index contributed by atoms with van der Waals surface area (Å²) in [7, 11) is 0. The van der Waals surface area contributed by atoms with Crippen LogP contribution >= 0.6 is 23.2 Å². The number of hydrogen-bond acceptors (Lipinski definition) is 3. The van der Waals surface area contributed by atoms with Crippen molar-refractivity contribution in [1.82, 2.24) is 9.97 Å². The van der Waals surface area contributed by atoms with Gasteiger partial charge < -0.3 is 4.74 Å². The Balaban J connectivity index is 2.43. The van der Waals surface area contributed by atoms with Crippen molar-refractivity contribution in [3.8, 4) is 11.6 Å². The van der Waals surface area contributed by atoms with Crippen LogP contribution in [0, 0.1) is 20.8 Å². The Morgan fingerprint density at radius 2 is 1.61 bits per heavy atom. The highest BCUT2D eigenvalue weighted by Gasteiger charge is 2.10. The maximum atomic E-state index is 5.98. The molecular weight excluding hydrogens is 271 g/mol. The van der Waals surface area contributed by atoms with Crippen LogP contribution in [0.5, 0.6) is 11.6 Å². The summed E-state index contributed by atoms with van der Waals surface area (Å²) in [5, 5.41) is 0.856. The van der Waals surface area contributed by atoms with Crippen molar-refractivity contribution in [2.45, 2.75) is 20.8 Å². The summed E-state index contributed by atoms with van der Waals surface area (Å²) in [6, 6.07) is 3.70. The summed E-state index contributed by atoms with van der Waals surface area (Å²) in [4.78, 5) is 7.96. The minimum Gasteiger partial charge on any atom is -0.438 e. The van der Waals surface area contributed by atoms with Gasteiger partial charge in [-0.25, -0.2) is 4.98 Å². The maximum Gasteiger partial charge on any atom is 0.226 e. The van der Waals surface area contributed by atoms with E-state index < -0.39 is 0 Å². The van der Waals surface area contributed by atoms with E-state index >= 15 is 0 Å². The molecular formula is C13H12Cl2N2O. The Hall–Kier alpha value is -1.32. The third-order valence-corrected chi connectivity index (χ3v) is 2.92. The van der Waals surface area contributed by atoms with E-state index in [1.165, 1.54) is 0 Å². The van der Waals surface area contributed by atoms with Crippen LogP contribution in [0.1, 0.15) is 16.7 Å². The van der Waals surface area contributed by atoms with Gasteiger partial charge in [0.1, 0.15) is 5.75 Å². The standard InChI is InChI=1S/C13H12Cl2N2O/c1-7-4-10(14)5-8(2)11(7)18-12-9(3)6-16-13(15)17-12/h4-6H,1-3H3. The predicted molar refractivity (Wildman–Crippen MR) is 72.8 cm³/mol. The molecule has 2 aromatic rings. The van der Waals surface area contributed by atoms with Crippen LogP contribution in [0.2, 0.25) is 10.3 Å². The van der Waals surface area contributed by atoms with Crippen LogP contribution in [0.15, 0.2) is 18.3 Å². The first-order chi connectivity index (χ1) is 8.47. The average Bonchev–Trinajstić information content (AvgIpc) is 2.28. The van der Waals surface area contributed by atoms with Gasteiger partial charge in [0, 0.05) is 16.8 Å². The molecule has 0 atom stereocenters. The molecule has 1 aromatic carbocycles. The SMILES string of the molecule is Cc1cnc(Cl)nc1Oc1c(C)cc(Cl)cc1C. The lowest BCUT2D eigenvalue weighted by atomic mass is 10.1. The summed E-state index contributed by atoms with van der Waals surface area (Å²) < 4.78 is 5.81. The van der Waals surface area contributed by atoms with Gasteiger partial charge in [0.2, 0.25) is 11.2 Å². The molecule has 18 heavy (non-hydrogen) atoms. The fourth-order valence-electron chi connectivity index (χ4n) is 1.66. The van der Waals surface area contributed by atoms with Crippen LogP contribution < -0.4 is 4.74 Å². The molecule has 0 radical (unpaired) electrons. The normalized spacial score (nSPS) is 10.5. The summed E-state index contributed by atoms with van der Waals surface area (Å²) in [6.45, 7) is 5.74. The monoisotopic (exact) mass is 282 g/mol. The van der Waals surface area contributed by atoms with Gasteiger partial charge >= 0.3 is 0 Å². The number of halogens is 2. The third-order valence-electron chi connectivity index (χ3n) is 2.52. The van der Waals surface area contributed by atoms with Gasteiger partial charge in [0.05, 0.1) is 0 Å².